The van der Waals surface area contributed by atoms with E-state index in [0.29, 0.717) is 35.4 Å². The van der Waals surface area contributed by atoms with Gasteiger partial charge < -0.3 is 24.7 Å². The molecule has 1 saturated heterocycles. The fourth-order valence-corrected chi connectivity index (χ4v) is 6.87. The summed E-state index contributed by atoms with van der Waals surface area (Å²) in [6.45, 7) is 0.728. The Kier molecular flexibility index (Phi) is 9.30. The summed E-state index contributed by atoms with van der Waals surface area (Å²) in [7, 11) is 0. The van der Waals surface area contributed by atoms with E-state index in [1.54, 1.807) is 6.07 Å². The van der Waals surface area contributed by atoms with Crippen LogP contribution >= 0.6 is 15.9 Å². The zero-order chi connectivity index (χ0) is 32.4. The highest BCUT2D eigenvalue weighted by atomic mass is 79.9. The van der Waals surface area contributed by atoms with Crippen LogP contribution in [0.25, 0.3) is 5.57 Å². The van der Waals surface area contributed by atoms with Gasteiger partial charge in [-0.25, -0.2) is 14.0 Å². The molecule has 3 aromatic rings. The molecule has 2 bridgehead atoms. The van der Waals surface area contributed by atoms with Gasteiger partial charge in [0.25, 0.3) is 5.91 Å². The number of fused-ring (bicyclic) bond motifs is 2. The first kappa shape index (κ1) is 31.6. The topological polar surface area (TPSA) is 111 Å². The molecule has 11 heteroatoms. The highest BCUT2D eigenvalue weighted by molar-refractivity contribution is 9.10. The van der Waals surface area contributed by atoms with Crippen LogP contribution in [0.3, 0.4) is 0 Å². The lowest BCUT2D eigenvalue weighted by Gasteiger charge is -2.49. The second-order valence-corrected chi connectivity index (χ2v) is 12.9. The molecule has 0 aromatic heterocycles. The van der Waals surface area contributed by atoms with Gasteiger partial charge in [-0.2, -0.15) is 0 Å². The number of nitrogens with zero attached hydrogens (tertiary/aromatic N) is 3. The summed E-state index contributed by atoms with van der Waals surface area (Å²) < 4.78 is 20.0. The lowest BCUT2D eigenvalue weighted by Crippen LogP contribution is -2.65. The summed E-state index contributed by atoms with van der Waals surface area (Å²) in [6.07, 6.45) is 1.10. The average molecular weight is 693 g/mol. The van der Waals surface area contributed by atoms with E-state index in [-0.39, 0.29) is 37.3 Å². The van der Waals surface area contributed by atoms with E-state index in [1.165, 1.54) is 21.9 Å². The Morgan fingerprint density at radius 1 is 0.935 bits per heavy atom. The van der Waals surface area contributed by atoms with Gasteiger partial charge in [0.1, 0.15) is 11.6 Å². The summed E-state index contributed by atoms with van der Waals surface area (Å²) in [6, 6.07) is 20.4. The molecular weight excluding hydrogens is 657 g/mol. The van der Waals surface area contributed by atoms with Crippen molar-refractivity contribution in [3.8, 4) is 5.75 Å². The van der Waals surface area contributed by atoms with Crippen molar-refractivity contribution in [3.05, 3.63) is 105 Å². The molecule has 46 heavy (non-hydrogen) atoms. The molecule has 2 aliphatic heterocycles. The van der Waals surface area contributed by atoms with Crippen molar-refractivity contribution >= 4 is 39.6 Å². The van der Waals surface area contributed by atoms with Crippen LogP contribution in [0.5, 0.6) is 5.75 Å². The standard InChI is InChI=1S/C35H35BrFN3O6/c36-29-15-12-25(37)17-31(29)46-16-4-7-22-8-10-24(11-9-22)28-18-27-20-38(34(42)43)21-30(40(27)35(44)45)32(28)33(41)39(26-13-14-26)19-23-5-2-1-3-6-23/h1-3,5-6,8-12,15,17,26-27,30H,4,7,13-14,16,18-21H2,(H,42,43)(H,44,45). The number of carbonyl (C=O) groups is 3. The van der Waals surface area contributed by atoms with Gasteiger partial charge >= 0.3 is 12.2 Å². The molecule has 240 valence electrons. The van der Waals surface area contributed by atoms with Crippen LogP contribution in [0.4, 0.5) is 14.0 Å². The van der Waals surface area contributed by atoms with Gasteiger partial charge in [0, 0.05) is 37.3 Å². The zero-order valence-electron chi connectivity index (χ0n) is 25.1. The number of hydrogen-bond acceptors (Lipinski definition) is 4. The molecule has 3 aliphatic rings. The van der Waals surface area contributed by atoms with E-state index in [0.717, 1.165) is 41.5 Å². The molecule has 3 amide bonds. The summed E-state index contributed by atoms with van der Waals surface area (Å²) in [5.41, 5.74) is 3.98. The summed E-state index contributed by atoms with van der Waals surface area (Å²) in [5.74, 6) is -0.157. The number of carboxylic acid groups (broad SMARTS) is 2. The van der Waals surface area contributed by atoms with Crippen molar-refractivity contribution in [2.24, 2.45) is 0 Å². The fourth-order valence-electron chi connectivity index (χ4n) is 6.51. The molecule has 2 heterocycles. The zero-order valence-corrected chi connectivity index (χ0v) is 26.7. The predicted molar refractivity (Wildman–Crippen MR) is 173 cm³/mol. The minimum atomic E-state index is -1.16. The van der Waals surface area contributed by atoms with Gasteiger partial charge in [-0.3, -0.25) is 9.69 Å². The van der Waals surface area contributed by atoms with Crippen LogP contribution in [-0.4, -0.2) is 80.8 Å². The molecule has 2 unspecified atom stereocenters. The van der Waals surface area contributed by atoms with Crippen LogP contribution < -0.4 is 4.74 Å². The minimum Gasteiger partial charge on any atom is -0.492 e. The highest BCUT2D eigenvalue weighted by Gasteiger charge is 2.49. The lowest BCUT2D eigenvalue weighted by molar-refractivity contribution is -0.129. The third-order valence-electron chi connectivity index (χ3n) is 8.88. The quantitative estimate of drug-likeness (QED) is 0.230. The average Bonchev–Trinajstić information content (AvgIpc) is 3.89. The van der Waals surface area contributed by atoms with Crippen LogP contribution in [0, 0.1) is 5.82 Å². The molecule has 0 radical (unpaired) electrons. The van der Waals surface area contributed by atoms with E-state index in [4.69, 9.17) is 4.74 Å². The van der Waals surface area contributed by atoms with Crippen molar-refractivity contribution in [1.29, 1.82) is 0 Å². The summed E-state index contributed by atoms with van der Waals surface area (Å²) in [5, 5.41) is 20.1. The van der Waals surface area contributed by atoms with Crippen LogP contribution in [0.15, 0.2) is 82.8 Å². The van der Waals surface area contributed by atoms with Gasteiger partial charge in [0.2, 0.25) is 0 Å². The summed E-state index contributed by atoms with van der Waals surface area (Å²) >= 11 is 3.37. The van der Waals surface area contributed by atoms with E-state index >= 15 is 0 Å². The monoisotopic (exact) mass is 691 g/mol. The molecule has 2 atom stereocenters. The molecule has 6 rings (SSSR count). The van der Waals surface area contributed by atoms with Crippen molar-refractivity contribution in [2.75, 3.05) is 19.7 Å². The Morgan fingerprint density at radius 3 is 2.35 bits per heavy atom. The number of benzene rings is 3. The fraction of sp³-hybridized carbons (Fsp3) is 0.343. The minimum absolute atomic E-state index is 0.0406. The highest BCUT2D eigenvalue weighted by Crippen LogP contribution is 2.41. The van der Waals surface area contributed by atoms with Gasteiger partial charge in [-0.1, -0.05) is 54.6 Å². The van der Waals surface area contributed by atoms with E-state index in [9.17, 15) is 29.0 Å². The molecule has 9 nitrogen and oxygen atoms in total. The first-order valence-corrected chi connectivity index (χ1v) is 16.2. The lowest BCUT2D eigenvalue weighted by atomic mass is 9.81. The maximum Gasteiger partial charge on any atom is 0.408 e. The number of amides is 3. The Hall–Kier alpha value is -4.38. The van der Waals surface area contributed by atoms with E-state index in [2.05, 4.69) is 15.9 Å². The number of hydrogen-bond donors (Lipinski definition) is 2. The third-order valence-corrected chi connectivity index (χ3v) is 9.54. The second kappa shape index (κ2) is 13.5. The van der Waals surface area contributed by atoms with Gasteiger partial charge in [0.15, 0.2) is 0 Å². The number of carbonyl (C=O) groups excluding carboxylic acids is 1. The first-order chi connectivity index (χ1) is 22.2. The number of rotatable bonds is 10. The normalized spacial score (nSPS) is 19.2. The van der Waals surface area contributed by atoms with E-state index in [1.807, 2.05) is 59.5 Å². The van der Waals surface area contributed by atoms with Gasteiger partial charge in [-0.05, 0) is 82.4 Å². The molecule has 2 N–H and O–H groups in total. The summed E-state index contributed by atoms with van der Waals surface area (Å²) in [4.78, 5) is 43.5. The number of aryl methyl sites for hydroxylation is 1. The van der Waals surface area contributed by atoms with Crippen LogP contribution in [-0.2, 0) is 17.8 Å². The predicted octanol–water partition coefficient (Wildman–Crippen LogP) is 6.66. The number of ether oxygens (including phenoxy) is 1. The molecule has 3 aromatic carbocycles. The molecule has 1 aliphatic carbocycles. The maximum absolute atomic E-state index is 14.6. The molecule has 0 spiro atoms. The SMILES string of the molecule is O=C(O)N1CC2CC(c3ccc(CCCOc4cc(F)ccc4Br)cc3)=C(C(=O)N(Cc3ccccc3)C3CC3)C(C1)N2C(=O)O. The molecule has 1 saturated carbocycles. The van der Waals surface area contributed by atoms with Crippen molar-refractivity contribution < 1.29 is 33.7 Å². The van der Waals surface area contributed by atoms with Gasteiger partial charge in [0.05, 0.1) is 23.2 Å². The van der Waals surface area contributed by atoms with Crippen LogP contribution in [0.2, 0.25) is 0 Å². The Bertz CT molecular complexity index is 1650. The Morgan fingerprint density at radius 2 is 1.67 bits per heavy atom. The maximum atomic E-state index is 14.6. The second-order valence-electron chi connectivity index (χ2n) is 12.0. The number of halogens is 2. The van der Waals surface area contributed by atoms with Crippen LogP contribution in [0.1, 0.15) is 42.4 Å². The van der Waals surface area contributed by atoms with Crippen molar-refractivity contribution in [1.82, 2.24) is 14.7 Å². The number of piperazine rings is 1. The van der Waals surface area contributed by atoms with Crippen molar-refractivity contribution in [3.63, 3.8) is 0 Å². The Labute approximate surface area is 275 Å². The smallest absolute Gasteiger partial charge is 0.408 e. The molecule has 2 fully saturated rings. The Balaban J connectivity index is 1.28. The largest absolute Gasteiger partial charge is 0.492 e. The first-order valence-electron chi connectivity index (χ1n) is 15.4. The van der Waals surface area contributed by atoms with Gasteiger partial charge in [-0.15, -0.1) is 0 Å². The van der Waals surface area contributed by atoms with E-state index < -0.39 is 24.3 Å². The van der Waals surface area contributed by atoms with Crippen molar-refractivity contribution in [2.45, 2.75) is 56.8 Å². The molecular formula is C35H35BrFN3O6. The third kappa shape index (κ3) is 6.89.